The minimum atomic E-state index is -4.69. The van der Waals surface area contributed by atoms with Gasteiger partial charge in [-0.25, -0.2) is 0 Å². The lowest BCUT2D eigenvalue weighted by atomic mass is 10.3. The smallest absolute Gasteiger partial charge is 0.487 e. The number of rotatable bonds is 5. The van der Waals surface area contributed by atoms with Crippen molar-refractivity contribution in [3.05, 3.63) is 48.3 Å². The van der Waals surface area contributed by atoms with Crippen molar-refractivity contribution in [1.29, 1.82) is 0 Å². The highest BCUT2D eigenvalue weighted by Gasteiger charge is 2.30. The van der Waals surface area contributed by atoms with E-state index in [9.17, 15) is 13.2 Å². The lowest BCUT2D eigenvalue weighted by Gasteiger charge is -2.10. The van der Waals surface area contributed by atoms with Gasteiger partial charge in [0.2, 0.25) is 0 Å². The molecule has 0 fully saturated rings. The Labute approximate surface area is 119 Å². The number of anilines is 1. The molecule has 0 bridgehead atoms. The number of pyridine rings is 1. The normalized spacial score (nSPS) is 11.0. The number of nitrogens with one attached hydrogen (secondary N) is 1. The quantitative estimate of drug-likeness (QED) is 0.916. The van der Waals surface area contributed by atoms with Crippen LogP contribution in [-0.2, 0) is 6.61 Å². The van der Waals surface area contributed by atoms with Crippen LogP contribution in [0.2, 0.25) is 0 Å². The monoisotopic (exact) mass is 298 g/mol. The molecule has 21 heavy (non-hydrogen) atoms. The van der Waals surface area contributed by atoms with Gasteiger partial charge in [0, 0.05) is 18.9 Å². The van der Waals surface area contributed by atoms with E-state index in [1.165, 1.54) is 24.3 Å². The third-order valence-corrected chi connectivity index (χ3v) is 2.55. The Morgan fingerprint density at radius 2 is 1.76 bits per heavy atom. The molecule has 112 valence electrons. The number of nitrogens with zero attached hydrogens (tertiary/aromatic N) is 1. The predicted molar refractivity (Wildman–Crippen MR) is 71.2 cm³/mol. The van der Waals surface area contributed by atoms with Crippen LogP contribution in [0.5, 0.6) is 11.5 Å². The van der Waals surface area contributed by atoms with Gasteiger partial charge in [0.1, 0.15) is 18.1 Å². The number of ether oxygens (including phenoxy) is 2. The molecule has 4 nitrogen and oxygen atoms in total. The first-order chi connectivity index (χ1) is 9.96. The number of hydrogen-bond acceptors (Lipinski definition) is 4. The molecule has 0 aliphatic carbocycles. The average Bonchev–Trinajstić information content (AvgIpc) is 2.45. The maximum absolute atomic E-state index is 12.0. The zero-order valence-electron chi connectivity index (χ0n) is 11.1. The molecule has 0 aliphatic heterocycles. The Kier molecular flexibility index (Phi) is 4.52. The predicted octanol–water partition coefficient (Wildman–Crippen LogP) is 3.60. The van der Waals surface area contributed by atoms with Crippen LogP contribution in [0.25, 0.3) is 0 Å². The molecule has 1 aromatic carbocycles. The van der Waals surface area contributed by atoms with Gasteiger partial charge in [-0.05, 0) is 36.4 Å². The largest absolute Gasteiger partial charge is 0.573 e. The lowest BCUT2D eigenvalue weighted by Crippen LogP contribution is -2.16. The van der Waals surface area contributed by atoms with Crippen molar-refractivity contribution < 1.29 is 22.6 Å². The third-order valence-electron chi connectivity index (χ3n) is 2.55. The summed E-state index contributed by atoms with van der Waals surface area (Å²) in [5, 5.41) is 2.98. The Morgan fingerprint density at radius 1 is 1.10 bits per heavy atom. The molecule has 0 spiro atoms. The summed E-state index contributed by atoms with van der Waals surface area (Å²) in [6.07, 6.45) is -3.05. The Morgan fingerprint density at radius 3 is 2.38 bits per heavy atom. The minimum Gasteiger partial charge on any atom is -0.487 e. The first kappa shape index (κ1) is 15.0. The zero-order chi connectivity index (χ0) is 15.3. The summed E-state index contributed by atoms with van der Waals surface area (Å²) in [5.41, 5.74) is 1.61. The van der Waals surface area contributed by atoms with Crippen LogP contribution in [-0.4, -0.2) is 18.4 Å². The van der Waals surface area contributed by atoms with E-state index >= 15 is 0 Å². The number of aromatic nitrogens is 1. The van der Waals surface area contributed by atoms with E-state index in [0.29, 0.717) is 11.4 Å². The van der Waals surface area contributed by atoms with Gasteiger partial charge in [-0.1, -0.05) is 0 Å². The molecular weight excluding hydrogens is 285 g/mol. The second-order valence-corrected chi connectivity index (χ2v) is 4.09. The van der Waals surface area contributed by atoms with E-state index in [1.54, 1.807) is 13.2 Å². The first-order valence-electron chi connectivity index (χ1n) is 6.07. The molecule has 0 atom stereocenters. The zero-order valence-corrected chi connectivity index (χ0v) is 11.1. The number of alkyl halides is 3. The Balaban J connectivity index is 1.94. The standard InChI is InChI=1S/C14H13F3N2O2/c1-18-10-6-7-19-11(8-10)9-20-12-2-4-13(5-3-12)21-14(15,16)17/h2-8H,9H2,1H3,(H,18,19). The third kappa shape index (κ3) is 4.87. The van der Waals surface area contributed by atoms with E-state index in [0.717, 1.165) is 5.69 Å². The second-order valence-electron chi connectivity index (χ2n) is 4.09. The first-order valence-corrected chi connectivity index (χ1v) is 6.07. The van der Waals surface area contributed by atoms with Crippen molar-refractivity contribution in [2.75, 3.05) is 12.4 Å². The molecule has 1 heterocycles. The Bertz CT molecular complexity index is 586. The van der Waals surface area contributed by atoms with Gasteiger partial charge in [0.15, 0.2) is 0 Å². The summed E-state index contributed by atoms with van der Waals surface area (Å²) in [7, 11) is 1.79. The van der Waals surface area contributed by atoms with Gasteiger partial charge in [0.25, 0.3) is 0 Å². The van der Waals surface area contributed by atoms with Crippen molar-refractivity contribution in [3.8, 4) is 11.5 Å². The topological polar surface area (TPSA) is 43.4 Å². The minimum absolute atomic E-state index is 0.217. The molecule has 0 saturated carbocycles. The lowest BCUT2D eigenvalue weighted by molar-refractivity contribution is -0.274. The maximum Gasteiger partial charge on any atom is 0.573 e. The molecule has 0 saturated heterocycles. The van der Waals surface area contributed by atoms with Crippen LogP contribution in [0, 0.1) is 0 Å². The van der Waals surface area contributed by atoms with Crippen molar-refractivity contribution in [2.24, 2.45) is 0 Å². The van der Waals surface area contributed by atoms with Crippen molar-refractivity contribution in [2.45, 2.75) is 13.0 Å². The average molecular weight is 298 g/mol. The molecule has 0 unspecified atom stereocenters. The summed E-state index contributed by atoms with van der Waals surface area (Å²) in [6, 6.07) is 8.83. The fraction of sp³-hybridized carbons (Fsp3) is 0.214. The van der Waals surface area contributed by atoms with Gasteiger partial charge < -0.3 is 14.8 Å². The van der Waals surface area contributed by atoms with Gasteiger partial charge in [-0.3, -0.25) is 4.98 Å². The van der Waals surface area contributed by atoms with Gasteiger partial charge >= 0.3 is 6.36 Å². The van der Waals surface area contributed by atoms with Crippen LogP contribution in [0.1, 0.15) is 5.69 Å². The molecular formula is C14H13F3N2O2. The SMILES string of the molecule is CNc1ccnc(COc2ccc(OC(F)(F)F)cc2)c1. The number of hydrogen-bond donors (Lipinski definition) is 1. The highest BCUT2D eigenvalue weighted by molar-refractivity contribution is 5.42. The number of halogens is 3. The molecule has 1 aromatic heterocycles. The van der Waals surface area contributed by atoms with Crippen molar-refractivity contribution in [3.63, 3.8) is 0 Å². The molecule has 0 amide bonds. The fourth-order valence-electron chi connectivity index (χ4n) is 1.61. The summed E-state index contributed by atoms with van der Waals surface area (Å²) in [5.74, 6) is 0.145. The van der Waals surface area contributed by atoms with Crippen molar-refractivity contribution in [1.82, 2.24) is 4.98 Å². The highest BCUT2D eigenvalue weighted by atomic mass is 19.4. The Hall–Kier alpha value is -2.44. The van der Waals surface area contributed by atoms with Crippen LogP contribution < -0.4 is 14.8 Å². The molecule has 1 N–H and O–H groups in total. The summed E-state index contributed by atoms with van der Waals surface area (Å²) in [4.78, 5) is 4.13. The van der Waals surface area contributed by atoms with E-state index < -0.39 is 6.36 Å². The van der Waals surface area contributed by atoms with Crippen molar-refractivity contribution >= 4 is 5.69 Å². The van der Waals surface area contributed by atoms with E-state index in [-0.39, 0.29) is 12.4 Å². The second kappa shape index (κ2) is 6.34. The molecule has 0 aliphatic rings. The molecule has 7 heteroatoms. The van der Waals surface area contributed by atoms with Crippen LogP contribution in [0.15, 0.2) is 42.6 Å². The molecule has 0 radical (unpaired) electrons. The summed E-state index contributed by atoms with van der Waals surface area (Å²) >= 11 is 0. The van der Waals surface area contributed by atoms with E-state index in [2.05, 4.69) is 15.0 Å². The van der Waals surface area contributed by atoms with E-state index in [1.807, 2.05) is 12.1 Å². The van der Waals surface area contributed by atoms with Gasteiger partial charge in [0.05, 0.1) is 5.69 Å². The van der Waals surface area contributed by atoms with Crippen LogP contribution in [0.4, 0.5) is 18.9 Å². The molecule has 2 aromatic rings. The van der Waals surface area contributed by atoms with Crippen LogP contribution in [0.3, 0.4) is 0 Å². The molecule has 2 rings (SSSR count). The highest BCUT2D eigenvalue weighted by Crippen LogP contribution is 2.25. The fourth-order valence-corrected chi connectivity index (χ4v) is 1.61. The van der Waals surface area contributed by atoms with E-state index in [4.69, 9.17) is 4.74 Å². The van der Waals surface area contributed by atoms with Gasteiger partial charge in [-0.2, -0.15) is 0 Å². The van der Waals surface area contributed by atoms with Gasteiger partial charge in [-0.15, -0.1) is 13.2 Å². The van der Waals surface area contributed by atoms with Crippen LogP contribution >= 0.6 is 0 Å². The maximum atomic E-state index is 12.0. The summed E-state index contributed by atoms with van der Waals surface area (Å²) in [6.45, 7) is 0.217. The number of benzene rings is 1. The summed E-state index contributed by atoms with van der Waals surface area (Å²) < 4.78 is 45.3.